The number of rotatable bonds is 5. The summed E-state index contributed by atoms with van der Waals surface area (Å²) in [5.74, 6) is 0.0932. The van der Waals surface area contributed by atoms with Crippen LogP contribution >= 0.6 is 11.6 Å². The maximum Gasteiger partial charge on any atom is 0.248 e. The number of nitrogens with one attached hydrogen (secondary N) is 1. The fourth-order valence-corrected chi connectivity index (χ4v) is 2.14. The zero-order valence-corrected chi connectivity index (χ0v) is 13.4. The molecule has 0 unspecified atom stereocenters. The highest BCUT2D eigenvalue weighted by molar-refractivity contribution is 6.31. The summed E-state index contributed by atoms with van der Waals surface area (Å²) < 4.78 is 6.92. The van der Waals surface area contributed by atoms with Crippen LogP contribution in [0.25, 0.3) is 6.08 Å². The molecule has 2 rings (SSSR count). The predicted molar refractivity (Wildman–Crippen MR) is 86.0 cm³/mol. The van der Waals surface area contributed by atoms with E-state index in [2.05, 4.69) is 15.4 Å². The number of carbonyl (C=O) groups excluding carboxylic acids is 1. The summed E-state index contributed by atoms with van der Waals surface area (Å²) in [4.78, 5) is 16.1. The Kier molecular flexibility index (Phi) is 5.16. The highest BCUT2D eigenvalue weighted by atomic mass is 35.5. The van der Waals surface area contributed by atoms with Crippen LogP contribution in [0.4, 0.5) is 5.69 Å². The van der Waals surface area contributed by atoms with E-state index < -0.39 is 0 Å². The van der Waals surface area contributed by atoms with E-state index in [1.807, 2.05) is 13.8 Å². The van der Waals surface area contributed by atoms with Crippen LogP contribution in [0.1, 0.15) is 18.2 Å². The van der Waals surface area contributed by atoms with Crippen molar-refractivity contribution in [3.63, 3.8) is 0 Å². The number of halogens is 1. The number of anilines is 1. The summed E-state index contributed by atoms with van der Waals surface area (Å²) in [7, 11) is 1.75. The van der Waals surface area contributed by atoms with E-state index >= 15 is 0 Å². The van der Waals surface area contributed by atoms with E-state index in [0.717, 1.165) is 11.3 Å². The number of carbonyl (C=O) groups is 1. The van der Waals surface area contributed by atoms with Crippen molar-refractivity contribution < 1.29 is 9.53 Å². The first kappa shape index (κ1) is 16.0. The molecule has 0 fully saturated rings. The van der Waals surface area contributed by atoms with E-state index in [1.54, 1.807) is 36.1 Å². The van der Waals surface area contributed by atoms with E-state index in [9.17, 15) is 4.79 Å². The van der Waals surface area contributed by atoms with Crippen molar-refractivity contribution in [3.8, 4) is 5.88 Å². The van der Waals surface area contributed by atoms with Gasteiger partial charge in [0.25, 0.3) is 0 Å². The highest BCUT2D eigenvalue weighted by Gasteiger charge is 2.10. The Morgan fingerprint density at radius 2 is 2.32 bits per heavy atom. The first-order chi connectivity index (χ1) is 10.5. The lowest BCUT2D eigenvalue weighted by Crippen LogP contribution is -2.10. The SMILES string of the molecule is CCOc1ncccc1NC(=O)/C=C/c1c(C)nn(C)c1Cl. The van der Waals surface area contributed by atoms with E-state index in [4.69, 9.17) is 16.3 Å². The number of hydrogen-bond donors (Lipinski definition) is 1. The molecule has 6 nitrogen and oxygen atoms in total. The monoisotopic (exact) mass is 320 g/mol. The van der Waals surface area contributed by atoms with E-state index in [0.29, 0.717) is 23.3 Å². The molecule has 0 bridgehead atoms. The van der Waals surface area contributed by atoms with E-state index in [-0.39, 0.29) is 5.91 Å². The van der Waals surface area contributed by atoms with Gasteiger partial charge in [-0.3, -0.25) is 9.48 Å². The largest absolute Gasteiger partial charge is 0.476 e. The van der Waals surface area contributed by atoms with Gasteiger partial charge >= 0.3 is 0 Å². The molecule has 0 saturated heterocycles. The van der Waals surface area contributed by atoms with Gasteiger partial charge in [0.1, 0.15) is 10.8 Å². The molecular formula is C15H17ClN4O2. The van der Waals surface area contributed by atoms with Gasteiger partial charge in [-0.1, -0.05) is 11.6 Å². The number of pyridine rings is 1. The lowest BCUT2D eigenvalue weighted by molar-refractivity contribution is -0.111. The van der Waals surface area contributed by atoms with Gasteiger partial charge in [0.05, 0.1) is 12.3 Å². The number of nitrogens with zero attached hydrogens (tertiary/aromatic N) is 3. The summed E-state index contributed by atoms with van der Waals surface area (Å²) in [6.07, 6.45) is 4.64. The molecular weight excluding hydrogens is 304 g/mol. The standard InChI is InChI=1S/C15H17ClN4O2/c1-4-22-15-12(6-5-9-17-15)18-13(21)8-7-11-10(2)19-20(3)14(11)16/h5-9H,4H2,1-3H3,(H,18,21)/b8-7+. The van der Waals surface area contributed by atoms with Crippen molar-refractivity contribution in [2.45, 2.75) is 13.8 Å². The Hall–Kier alpha value is -2.34. The third kappa shape index (κ3) is 3.65. The first-order valence-electron chi connectivity index (χ1n) is 6.79. The summed E-state index contributed by atoms with van der Waals surface area (Å²) in [5.41, 5.74) is 2.00. The zero-order chi connectivity index (χ0) is 16.1. The molecule has 0 spiro atoms. The molecule has 7 heteroatoms. The average molecular weight is 321 g/mol. The Morgan fingerprint density at radius 3 is 2.95 bits per heavy atom. The minimum Gasteiger partial charge on any atom is -0.476 e. The lowest BCUT2D eigenvalue weighted by atomic mass is 10.2. The normalized spacial score (nSPS) is 10.9. The summed E-state index contributed by atoms with van der Waals surface area (Å²) in [6, 6.07) is 3.45. The van der Waals surface area contributed by atoms with Gasteiger partial charge in [-0.2, -0.15) is 5.10 Å². The Balaban J connectivity index is 2.12. The number of ether oxygens (including phenoxy) is 1. The van der Waals surface area contributed by atoms with Gasteiger partial charge in [0.15, 0.2) is 0 Å². The van der Waals surface area contributed by atoms with Crippen LogP contribution in [-0.4, -0.2) is 27.3 Å². The fraction of sp³-hybridized carbons (Fsp3) is 0.267. The fourth-order valence-electron chi connectivity index (χ4n) is 1.91. The molecule has 22 heavy (non-hydrogen) atoms. The van der Waals surface area contributed by atoms with Crippen LogP contribution < -0.4 is 10.1 Å². The molecule has 0 aliphatic rings. The topological polar surface area (TPSA) is 69.0 Å². The number of aromatic nitrogens is 3. The summed E-state index contributed by atoms with van der Waals surface area (Å²) in [6.45, 7) is 4.16. The third-order valence-electron chi connectivity index (χ3n) is 2.91. The van der Waals surface area contributed by atoms with Crippen LogP contribution in [0.15, 0.2) is 24.4 Å². The van der Waals surface area contributed by atoms with Crippen molar-refractivity contribution in [1.82, 2.24) is 14.8 Å². The second-order valence-electron chi connectivity index (χ2n) is 4.53. The van der Waals surface area contributed by atoms with Crippen molar-refractivity contribution in [2.75, 3.05) is 11.9 Å². The Labute approximate surface area is 133 Å². The molecule has 2 aromatic heterocycles. The number of amides is 1. The maximum absolute atomic E-state index is 12.0. The smallest absolute Gasteiger partial charge is 0.248 e. The number of aryl methyl sites for hydroxylation is 2. The minimum atomic E-state index is -0.298. The molecule has 1 N–H and O–H groups in total. The second-order valence-corrected chi connectivity index (χ2v) is 4.88. The van der Waals surface area contributed by atoms with Crippen molar-refractivity contribution in [3.05, 3.63) is 40.8 Å². The van der Waals surface area contributed by atoms with Gasteiger partial charge in [-0.25, -0.2) is 4.98 Å². The molecule has 0 saturated carbocycles. The van der Waals surface area contributed by atoms with E-state index in [1.165, 1.54) is 6.08 Å². The van der Waals surface area contributed by atoms with Crippen LogP contribution in [0.5, 0.6) is 5.88 Å². The quantitative estimate of drug-likeness (QED) is 0.860. The van der Waals surface area contributed by atoms with Crippen LogP contribution in [0, 0.1) is 6.92 Å². The van der Waals surface area contributed by atoms with Crippen LogP contribution in [-0.2, 0) is 11.8 Å². The second kappa shape index (κ2) is 7.09. The molecule has 0 aliphatic carbocycles. The predicted octanol–water partition coefficient (Wildman–Crippen LogP) is 2.83. The molecule has 0 radical (unpaired) electrons. The van der Waals surface area contributed by atoms with Gasteiger partial charge in [-0.05, 0) is 32.1 Å². The Morgan fingerprint density at radius 1 is 1.55 bits per heavy atom. The summed E-state index contributed by atoms with van der Waals surface area (Å²) in [5, 5.41) is 7.39. The zero-order valence-electron chi connectivity index (χ0n) is 12.6. The molecule has 0 aliphatic heterocycles. The highest BCUT2D eigenvalue weighted by Crippen LogP contribution is 2.22. The van der Waals surface area contributed by atoms with Crippen molar-refractivity contribution in [2.24, 2.45) is 7.05 Å². The van der Waals surface area contributed by atoms with Gasteiger partial charge in [-0.15, -0.1) is 0 Å². The molecule has 0 atom stereocenters. The van der Waals surface area contributed by atoms with Gasteiger partial charge < -0.3 is 10.1 Å². The molecule has 1 amide bonds. The van der Waals surface area contributed by atoms with Crippen LogP contribution in [0.2, 0.25) is 5.15 Å². The summed E-state index contributed by atoms with van der Waals surface area (Å²) >= 11 is 6.11. The molecule has 116 valence electrons. The Bertz CT molecular complexity index is 710. The molecule has 0 aromatic carbocycles. The van der Waals surface area contributed by atoms with Gasteiger partial charge in [0.2, 0.25) is 11.8 Å². The first-order valence-corrected chi connectivity index (χ1v) is 7.16. The third-order valence-corrected chi connectivity index (χ3v) is 3.36. The van der Waals surface area contributed by atoms with Crippen LogP contribution in [0.3, 0.4) is 0 Å². The molecule has 2 heterocycles. The van der Waals surface area contributed by atoms with Gasteiger partial charge in [0, 0.05) is 24.9 Å². The van der Waals surface area contributed by atoms with Crippen molar-refractivity contribution >= 4 is 29.3 Å². The number of hydrogen-bond acceptors (Lipinski definition) is 4. The average Bonchev–Trinajstić information content (AvgIpc) is 2.72. The molecule has 2 aromatic rings. The maximum atomic E-state index is 12.0. The lowest BCUT2D eigenvalue weighted by Gasteiger charge is -2.08. The van der Waals surface area contributed by atoms with Crippen molar-refractivity contribution in [1.29, 1.82) is 0 Å². The minimum absolute atomic E-state index is 0.298.